The Morgan fingerprint density at radius 2 is 1.83 bits per heavy atom. The predicted molar refractivity (Wildman–Crippen MR) is 66.2 cm³/mol. The van der Waals surface area contributed by atoms with Crippen LogP contribution in [0.1, 0.15) is 22.1 Å². The molecule has 0 saturated carbocycles. The second-order valence-electron chi connectivity index (χ2n) is 3.84. The number of benzene rings is 1. The van der Waals surface area contributed by atoms with E-state index in [0.29, 0.717) is 5.56 Å². The van der Waals surface area contributed by atoms with Gasteiger partial charge in [0.1, 0.15) is 11.9 Å². The minimum absolute atomic E-state index is 0.0856. The summed E-state index contributed by atoms with van der Waals surface area (Å²) in [5, 5.41) is 12.0. The lowest BCUT2D eigenvalue weighted by Gasteiger charge is -2.10. The number of alkyl halides is 2. The molecule has 1 aromatic carbocycles. The molecule has 5 heteroatoms. The van der Waals surface area contributed by atoms with Crippen molar-refractivity contribution in [2.45, 2.75) is 19.6 Å². The fourth-order valence-corrected chi connectivity index (χ4v) is 2.35. The van der Waals surface area contributed by atoms with Gasteiger partial charge in [-0.25, -0.2) is 0 Å². The van der Waals surface area contributed by atoms with E-state index in [1.54, 1.807) is 23.5 Å². The Morgan fingerprint density at radius 1 is 1.17 bits per heavy atom. The summed E-state index contributed by atoms with van der Waals surface area (Å²) in [5.74, 6) is 0.0856. The molecular formula is C13H12F2O2S. The number of rotatable bonds is 4. The van der Waals surface area contributed by atoms with E-state index in [0.717, 1.165) is 10.4 Å². The highest BCUT2D eigenvalue weighted by molar-refractivity contribution is 7.10. The van der Waals surface area contributed by atoms with Gasteiger partial charge in [0.05, 0.1) is 0 Å². The van der Waals surface area contributed by atoms with E-state index in [2.05, 4.69) is 4.74 Å². The molecule has 0 aliphatic carbocycles. The Balaban J connectivity index is 2.14. The highest BCUT2D eigenvalue weighted by atomic mass is 32.1. The standard InChI is InChI=1S/C13H12F2O2S/c1-8-6-10(7-18-8)12(16)9-2-4-11(5-3-9)17-13(14)15/h2-7,12-13,16H,1H3. The Hall–Kier alpha value is -1.46. The lowest BCUT2D eigenvalue weighted by atomic mass is 10.0. The van der Waals surface area contributed by atoms with Crippen LogP contribution >= 0.6 is 11.3 Å². The number of thiophene rings is 1. The van der Waals surface area contributed by atoms with Crippen molar-refractivity contribution in [3.05, 3.63) is 51.7 Å². The van der Waals surface area contributed by atoms with Gasteiger partial charge in [0.2, 0.25) is 0 Å². The maximum Gasteiger partial charge on any atom is 0.387 e. The third kappa shape index (κ3) is 3.05. The van der Waals surface area contributed by atoms with Crippen molar-refractivity contribution in [3.63, 3.8) is 0 Å². The quantitative estimate of drug-likeness (QED) is 0.917. The molecule has 0 bridgehead atoms. The van der Waals surface area contributed by atoms with Gasteiger partial charge in [-0.2, -0.15) is 8.78 Å². The third-order valence-corrected chi connectivity index (χ3v) is 3.37. The van der Waals surface area contributed by atoms with Crippen LogP contribution in [-0.4, -0.2) is 11.7 Å². The van der Waals surface area contributed by atoms with Crippen molar-refractivity contribution in [1.82, 2.24) is 0 Å². The lowest BCUT2D eigenvalue weighted by molar-refractivity contribution is -0.0498. The highest BCUT2D eigenvalue weighted by Crippen LogP contribution is 2.27. The fraction of sp³-hybridized carbons (Fsp3) is 0.231. The fourth-order valence-electron chi connectivity index (χ4n) is 1.63. The normalized spacial score (nSPS) is 12.7. The first kappa shape index (κ1) is 13.0. The lowest BCUT2D eigenvalue weighted by Crippen LogP contribution is -2.02. The molecular weight excluding hydrogens is 258 g/mol. The van der Waals surface area contributed by atoms with Crippen molar-refractivity contribution in [2.75, 3.05) is 0 Å². The van der Waals surface area contributed by atoms with Crippen LogP contribution in [0.4, 0.5) is 8.78 Å². The molecule has 0 spiro atoms. The monoisotopic (exact) mass is 270 g/mol. The summed E-state index contributed by atoms with van der Waals surface area (Å²) in [5.41, 5.74) is 1.45. The van der Waals surface area contributed by atoms with Crippen LogP contribution in [0, 0.1) is 6.92 Å². The Kier molecular flexibility index (Phi) is 3.93. The number of hydrogen-bond donors (Lipinski definition) is 1. The summed E-state index contributed by atoms with van der Waals surface area (Å²) in [6.07, 6.45) is -0.740. The Bertz CT molecular complexity index is 508. The topological polar surface area (TPSA) is 29.5 Å². The van der Waals surface area contributed by atoms with Gasteiger partial charge in [-0.05, 0) is 41.6 Å². The maximum absolute atomic E-state index is 12.0. The number of aliphatic hydroxyl groups excluding tert-OH is 1. The molecule has 0 aliphatic rings. The van der Waals surface area contributed by atoms with Gasteiger partial charge in [0.25, 0.3) is 0 Å². The van der Waals surface area contributed by atoms with E-state index in [1.165, 1.54) is 12.1 Å². The number of hydrogen-bond acceptors (Lipinski definition) is 3. The minimum atomic E-state index is -2.83. The largest absolute Gasteiger partial charge is 0.435 e. The molecule has 0 saturated heterocycles. The van der Waals surface area contributed by atoms with Crippen LogP contribution in [0.3, 0.4) is 0 Å². The van der Waals surface area contributed by atoms with Crippen LogP contribution < -0.4 is 4.74 Å². The van der Waals surface area contributed by atoms with Crippen LogP contribution in [0.25, 0.3) is 0 Å². The van der Waals surface area contributed by atoms with Crippen molar-refractivity contribution >= 4 is 11.3 Å². The zero-order valence-corrected chi connectivity index (χ0v) is 10.5. The van der Waals surface area contributed by atoms with Crippen LogP contribution in [0.15, 0.2) is 35.7 Å². The molecule has 2 rings (SSSR count). The van der Waals surface area contributed by atoms with E-state index in [4.69, 9.17) is 0 Å². The van der Waals surface area contributed by atoms with Crippen LogP contribution in [-0.2, 0) is 0 Å². The molecule has 1 atom stereocenters. The van der Waals surface area contributed by atoms with Gasteiger partial charge in [0, 0.05) is 4.88 Å². The van der Waals surface area contributed by atoms with Gasteiger partial charge < -0.3 is 9.84 Å². The number of ether oxygens (including phenoxy) is 1. The molecule has 0 aliphatic heterocycles. The summed E-state index contributed by atoms with van der Waals surface area (Å²) < 4.78 is 28.2. The highest BCUT2D eigenvalue weighted by Gasteiger charge is 2.12. The summed E-state index contributed by atoms with van der Waals surface area (Å²) >= 11 is 1.56. The zero-order valence-electron chi connectivity index (χ0n) is 9.64. The molecule has 1 heterocycles. The second-order valence-corrected chi connectivity index (χ2v) is 4.96. The molecule has 1 aromatic heterocycles. The summed E-state index contributed by atoms with van der Waals surface area (Å²) in [4.78, 5) is 1.11. The first-order valence-corrected chi connectivity index (χ1v) is 6.22. The van der Waals surface area contributed by atoms with Gasteiger partial charge in [-0.3, -0.25) is 0 Å². The van der Waals surface area contributed by atoms with E-state index in [1.807, 2.05) is 18.4 Å². The first-order chi connectivity index (χ1) is 8.56. The smallest absolute Gasteiger partial charge is 0.387 e. The van der Waals surface area contributed by atoms with Gasteiger partial charge in [-0.1, -0.05) is 12.1 Å². The van der Waals surface area contributed by atoms with E-state index >= 15 is 0 Å². The third-order valence-electron chi connectivity index (χ3n) is 2.49. The molecule has 18 heavy (non-hydrogen) atoms. The van der Waals surface area contributed by atoms with E-state index < -0.39 is 12.7 Å². The Labute approximate surface area is 107 Å². The molecule has 1 unspecified atom stereocenters. The van der Waals surface area contributed by atoms with E-state index in [9.17, 15) is 13.9 Å². The SMILES string of the molecule is Cc1cc(C(O)c2ccc(OC(F)F)cc2)cs1. The van der Waals surface area contributed by atoms with Gasteiger partial charge in [-0.15, -0.1) is 11.3 Å². The average Bonchev–Trinajstić information content (AvgIpc) is 2.75. The average molecular weight is 270 g/mol. The molecule has 0 amide bonds. The molecule has 96 valence electrons. The number of halogens is 2. The predicted octanol–water partition coefficient (Wildman–Crippen LogP) is 3.74. The molecule has 2 aromatic rings. The van der Waals surface area contributed by atoms with Crippen molar-refractivity contribution in [1.29, 1.82) is 0 Å². The first-order valence-electron chi connectivity index (χ1n) is 5.34. The zero-order chi connectivity index (χ0) is 13.1. The molecule has 0 fully saturated rings. The Morgan fingerprint density at radius 3 is 2.33 bits per heavy atom. The van der Waals surface area contributed by atoms with Crippen LogP contribution in [0.5, 0.6) is 5.75 Å². The maximum atomic E-state index is 12.0. The summed E-state index contributed by atoms with van der Waals surface area (Å²) in [7, 11) is 0. The van der Waals surface area contributed by atoms with Gasteiger partial charge >= 0.3 is 6.61 Å². The minimum Gasteiger partial charge on any atom is -0.435 e. The molecule has 1 N–H and O–H groups in total. The number of aryl methyl sites for hydroxylation is 1. The van der Waals surface area contributed by atoms with Crippen molar-refractivity contribution in [3.8, 4) is 5.75 Å². The summed E-state index contributed by atoms with van der Waals surface area (Å²) in [6, 6.07) is 7.90. The van der Waals surface area contributed by atoms with Crippen molar-refractivity contribution in [2.24, 2.45) is 0 Å². The molecule has 0 radical (unpaired) electrons. The summed E-state index contributed by atoms with van der Waals surface area (Å²) in [6.45, 7) is -0.874. The van der Waals surface area contributed by atoms with Crippen LogP contribution in [0.2, 0.25) is 0 Å². The molecule has 2 nitrogen and oxygen atoms in total. The second kappa shape index (κ2) is 5.46. The van der Waals surface area contributed by atoms with Crippen molar-refractivity contribution < 1.29 is 18.6 Å². The number of aliphatic hydroxyl groups is 1. The van der Waals surface area contributed by atoms with Gasteiger partial charge in [0.15, 0.2) is 0 Å². The van der Waals surface area contributed by atoms with E-state index in [-0.39, 0.29) is 5.75 Å².